The average Bonchev–Trinajstić information content (AvgIpc) is 3.14. The van der Waals surface area contributed by atoms with Crippen molar-refractivity contribution in [1.29, 1.82) is 0 Å². The summed E-state index contributed by atoms with van der Waals surface area (Å²) >= 11 is 0. The molecule has 0 spiro atoms. The molecule has 2 aliphatic heterocycles. The monoisotopic (exact) mass is 374 g/mol. The Morgan fingerprint density at radius 2 is 2.15 bits per heavy atom. The van der Waals surface area contributed by atoms with Crippen molar-refractivity contribution in [3.05, 3.63) is 23.8 Å². The standard InChI is InChI=1S/C18H22N4O5/c1-2-7-19-18(26)21-15(23)10-27-17(25)11-5-6-13-12(9-11)20-16(24)14-4-3-8-22(13)14/h5-6,9,14H,2-4,7-8,10H2,1H3,(H,20,24)(H2,19,21,23,26)/t14-/m1/s1. The summed E-state index contributed by atoms with van der Waals surface area (Å²) in [5, 5.41) is 7.37. The lowest BCUT2D eigenvalue weighted by atomic mass is 10.1. The molecule has 0 unspecified atom stereocenters. The van der Waals surface area contributed by atoms with Crippen molar-refractivity contribution < 1.29 is 23.9 Å². The summed E-state index contributed by atoms with van der Waals surface area (Å²) in [5.41, 5.74) is 1.64. The molecule has 0 saturated carbocycles. The van der Waals surface area contributed by atoms with Gasteiger partial charge in [-0.05, 0) is 37.5 Å². The van der Waals surface area contributed by atoms with Gasteiger partial charge in [-0.25, -0.2) is 9.59 Å². The van der Waals surface area contributed by atoms with Crippen molar-refractivity contribution in [2.24, 2.45) is 0 Å². The van der Waals surface area contributed by atoms with Crippen molar-refractivity contribution in [2.45, 2.75) is 32.2 Å². The van der Waals surface area contributed by atoms with Gasteiger partial charge in [-0.3, -0.25) is 14.9 Å². The van der Waals surface area contributed by atoms with Crippen LogP contribution in [0.1, 0.15) is 36.5 Å². The zero-order valence-electron chi connectivity index (χ0n) is 15.0. The van der Waals surface area contributed by atoms with Crippen LogP contribution in [0.25, 0.3) is 0 Å². The summed E-state index contributed by atoms with van der Waals surface area (Å²) in [7, 11) is 0. The van der Waals surface area contributed by atoms with E-state index in [-0.39, 0.29) is 17.5 Å². The number of hydrogen-bond acceptors (Lipinski definition) is 6. The van der Waals surface area contributed by atoms with Crippen molar-refractivity contribution in [1.82, 2.24) is 10.6 Å². The minimum atomic E-state index is -0.719. The SMILES string of the molecule is CCCNC(=O)NC(=O)COC(=O)c1ccc2c(c1)NC(=O)[C@H]1CCCN21. The molecule has 0 aliphatic carbocycles. The molecule has 1 fully saturated rings. The third-order valence-corrected chi connectivity index (χ3v) is 4.48. The van der Waals surface area contributed by atoms with Gasteiger partial charge in [0.1, 0.15) is 6.04 Å². The van der Waals surface area contributed by atoms with Crippen molar-refractivity contribution in [3.8, 4) is 0 Å². The highest BCUT2D eigenvalue weighted by atomic mass is 16.5. The maximum atomic E-state index is 12.2. The van der Waals surface area contributed by atoms with Crippen molar-refractivity contribution >= 4 is 35.2 Å². The first-order valence-corrected chi connectivity index (χ1v) is 8.96. The lowest BCUT2D eigenvalue weighted by Crippen LogP contribution is -2.44. The maximum absolute atomic E-state index is 12.2. The van der Waals surface area contributed by atoms with Crippen LogP contribution in [0.3, 0.4) is 0 Å². The number of ether oxygens (including phenoxy) is 1. The Labute approximate surface area is 156 Å². The number of carbonyl (C=O) groups excluding carboxylic acids is 4. The van der Waals surface area contributed by atoms with Crippen LogP contribution >= 0.6 is 0 Å². The molecule has 4 amide bonds. The van der Waals surface area contributed by atoms with Crippen LogP contribution in [0, 0.1) is 0 Å². The second-order valence-electron chi connectivity index (χ2n) is 6.45. The molecule has 0 aromatic heterocycles. The van der Waals surface area contributed by atoms with E-state index in [1.165, 1.54) is 6.07 Å². The Kier molecular flexibility index (Phi) is 5.58. The van der Waals surface area contributed by atoms with Crippen LogP contribution in [-0.2, 0) is 14.3 Å². The van der Waals surface area contributed by atoms with Gasteiger partial charge in [-0.1, -0.05) is 6.92 Å². The number of esters is 1. The van der Waals surface area contributed by atoms with E-state index in [4.69, 9.17) is 4.74 Å². The Morgan fingerprint density at radius 1 is 1.33 bits per heavy atom. The molecule has 3 N–H and O–H groups in total. The molecule has 27 heavy (non-hydrogen) atoms. The minimum Gasteiger partial charge on any atom is -0.452 e. The molecule has 1 saturated heterocycles. The fourth-order valence-corrected chi connectivity index (χ4v) is 3.22. The number of nitrogens with zero attached hydrogens (tertiary/aromatic N) is 1. The van der Waals surface area contributed by atoms with Gasteiger partial charge in [0.15, 0.2) is 6.61 Å². The van der Waals surface area contributed by atoms with E-state index in [1.54, 1.807) is 12.1 Å². The van der Waals surface area contributed by atoms with Gasteiger partial charge in [0.05, 0.1) is 16.9 Å². The van der Waals surface area contributed by atoms with E-state index < -0.39 is 24.5 Å². The second-order valence-corrected chi connectivity index (χ2v) is 6.45. The summed E-state index contributed by atoms with van der Waals surface area (Å²) in [6, 6.07) is 4.12. The molecular formula is C18H22N4O5. The molecule has 3 rings (SSSR count). The third kappa shape index (κ3) is 4.18. The predicted molar refractivity (Wildman–Crippen MR) is 97.6 cm³/mol. The first-order chi connectivity index (χ1) is 13.0. The number of benzene rings is 1. The highest BCUT2D eigenvalue weighted by molar-refractivity contribution is 6.05. The maximum Gasteiger partial charge on any atom is 0.338 e. The molecule has 9 nitrogen and oxygen atoms in total. The highest BCUT2D eigenvalue weighted by Gasteiger charge is 2.36. The Morgan fingerprint density at radius 3 is 2.93 bits per heavy atom. The fraction of sp³-hybridized carbons (Fsp3) is 0.444. The van der Waals surface area contributed by atoms with Gasteiger partial charge in [-0.15, -0.1) is 0 Å². The van der Waals surface area contributed by atoms with E-state index in [2.05, 4.69) is 16.0 Å². The van der Waals surface area contributed by atoms with Gasteiger partial charge in [0.25, 0.3) is 5.91 Å². The average molecular weight is 374 g/mol. The van der Waals surface area contributed by atoms with Crippen LogP contribution in [0.15, 0.2) is 18.2 Å². The van der Waals surface area contributed by atoms with Crippen LogP contribution in [0.4, 0.5) is 16.2 Å². The highest BCUT2D eigenvalue weighted by Crippen LogP contribution is 2.37. The van der Waals surface area contributed by atoms with E-state index >= 15 is 0 Å². The Balaban J connectivity index is 1.58. The number of amides is 4. The summed E-state index contributed by atoms with van der Waals surface area (Å²) in [6.07, 6.45) is 2.50. The van der Waals surface area contributed by atoms with Crippen LogP contribution in [-0.4, -0.2) is 49.6 Å². The molecule has 2 heterocycles. The quantitative estimate of drug-likeness (QED) is 0.662. The number of urea groups is 1. The largest absolute Gasteiger partial charge is 0.452 e. The molecule has 1 atom stereocenters. The number of anilines is 2. The molecule has 9 heteroatoms. The first kappa shape index (κ1) is 18.7. The molecular weight excluding hydrogens is 352 g/mol. The Bertz CT molecular complexity index is 779. The topological polar surface area (TPSA) is 117 Å². The van der Waals surface area contributed by atoms with Crippen molar-refractivity contribution in [2.75, 3.05) is 29.9 Å². The molecule has 1 aromatic carbocycles. The predicted octanol–water partition coefficient (Wildman–Crippen LogP) is 1.00. The van der Waals surface area contributed by atoms with Crippen LogP contribution in [0.2, 0.25) is 0 Å². The lowest BCUT2D eigenvalue weighted by Gasteiger charge is -2.33. The van der Waals surface area contributed by atoms with Gasteiger partial charge < -0.3 is 20.3 Å². The number of nitrogens with one attached hydrogen (secondary N) is 3. The second kappa shape index (κ2) is 8.07. The van der Waals surface area contributed by atoms with Crippen LogP contribution in [0.5, 0.6) is 0 Å². The fourth-order valence-electron chi connectivity index (χ4n) is 3.22. The van der Waals surface area contributed by atoms with Crippen LogP contribution < -0.4 is 20.9 Å². The smallest absolute Gasteiger partial charge is 0.338 e. The van der Waals surface area contributed by atoms with Gasteiger partial charge >= 0.3 is 12.0 Å². The number of rotatable bonds is 5. The van der Waals surface area contributed by atoms with Gasteiger partial charge in [-0.2, -0.15) is 0 Å². The minimum absolute atomic E-state index is 0.0806. The van der Waals surface area contributed by atoms with Gasteiger partial charge in [0, 0.05) is 13.1 Å². The van der Waals surface area contributed by atoms with E-state index in [1.807, 2.05) is 11.8 Å². The summed E-state index contributed by atoms with van der Waals surface area (Å²) in [5.74, 6) is -1.51. The molecule has 0 radical (unpaired) electrons. The lowest BCUT2D eigenvalue weighted by molar-refractivity contribution is -0.123. The molecule has 144 valence electrons. The van der Waals surface area contributed by atoms with E-state index in [0.29, 0.717) is 12.2 Å². The normalized spacial score (nSPS) is 17.4. The third-order valence-electron chi connectivity index (χ3n) is 4.48. The molecule has 1 aromatic rings. The van der Waals surface area contributed by atoms with E-state index in [0.717, 1.165) is 31.5 Å². The number of carbonyl (C=O) groups is 4. The number of imide groups is 1. The van der Waals surface area contributed by atoms with E-state index in [9.17, 15) is 19.2 Å². The first-order valence-electron chi connectivity index (χ1n) is 8.96. The Hall–Kier alpha value is -3.10. The molecule has 2 aliphatic rings. The summed E-state index contributed by atoms with van der Waals surface area (Å²) < 4.78 is 4.94. The zero-order valence-corrected chi connectivity index (χ0v) is 15.0. The summed E-state index contributed by atoms with van der Waals surface area (Å²) in [6.45, 7) is 2.55. The van der Waals surface area contributed by atoms with Crippen molar-refractivity contribution in [3.63, 3.8) is 0 Å². The van der Waals surface area contributed by atoms with Gasteiger partial charge in [0.2, 0.25) is 5.91 Å². The molecule has 0 bridgehead atoms. The number of hydrogen-bond donors (Lipinski definition) is 3. The summed E-state index contributed by atoms with van der Waals surface area (Å²) in [4.78, 5) is 49.4. The zero-order chi connectivity index (χ0) is 19.4. The number of fused-ring (bicyclic) bond motifs is 3.